The van der Waals surface area contributed by atoms with Crippen LogP contribution in [-0.2, 0) is 12.9 Å². The van der Waals surface area contributed by atoms with E-state index in [0.717, 1.165) is 11.3 Å². The molecule has 0 bridgehead atoms. The summed E-state index contributed by atoms with van der Waals surface area (Å²) in [5, 5.41) is 0. The van der Waals surface area contributed by atoms with Gasteiger partial charge in [0.15, 0.2) is 0 Å². The Morgan fingerprint density at radius 3 is 2.58 bits per heavy atom. The van der Waals surface area contributed by atoms with E-state index in [2.05, 4.69) is 0 Å². The van der Waals surface area contributed by atoms with Gasteiger partial charge in [-0.1, -0.05) is 0 Å². The molecule has 0 aliphatic carbocycles. The van der Waals surface area contributed by atoms with Gasteiger partial charge in [0.25, 0.3) is 5.56 Å². The van der Waals surface area contributed by atoms with Crippen LogP contribution in [0.2, 0.25) is 0 Å². The van der Waals surface area contributed by atoms with E-state index in [9.17, 15) is 4.79 Å². The first-order valence-corrected chi connectivity index (χ1v) is 4.33. The summed E-state index contributed by atoms with van der Waals surface area (Å²) in [4.78, 5) is 11.5. The van der Waals surface area contributed by atoms with E-state index >= 15 is 0 Å². The molecule has 66 valence electrons. The standard InChI is InChI=1S/C9H12ClNO/c1-6-4-7(2)11(3)9(12)8(6)5-10/h4H,5H2,1-3H3. The molecule has 0 N–H and O–H groups in total. The minimum atomic E-state index is 0.0162. The molecule has 0 spiro atoms. The Morgan fingerprint density at radius 1 is 1.50 bits per heavy atom. The van der Waals surface area contributed by atoms with Crippen molar-refractivity contribution in [2.24, 2.45) is 7.05 Å². The maximum Gasteiger partial charge on any atom is 0.255 e. The van der Waals surface area contributed by atoms with Crippen molar-refractivity contribution in [3.63, 3.8) is 0 Å². The van der Waals surface area contributed by atoms with Crippen LogP contribution in [0.25, 0.3) is 0 Å². The van der Waals surface area contributed by atoms with E-state index in [1.807, 2.05) is 19.9 Å². The number of pyridine rings is 1. The average molecular weight is 186 g/mol. The van der Waals surface area contributed by atoms with Gasteiger partial charge >= 0.3 is 0 Å². The molecule has 1 aromatic heterocycles. The van der Waals surface area contributed by atoms with Crippen molar-refractivity contribution in [2.75, 3.05) is 0 Å². The van der Waals surface area contributed by atoms with Crippen LogP contribution in [0.15, 0.2) is 10.9 Å². The second-order valence-corrected chi connectivity index (χ2v) is 3.21. The second-order valence-electron chi connectivity index (χ2n) is 2.95. The molecule has 0 unspecified atom stereocenters. The number of nitrogens with zero attached hydrogens (tertiary/aromatic N) is 1. The van der Waals surface area contributed by atoms with E-state index in [-0.39, 0.29) is 5.56 Å². The zero-order valence-corrected chi connectivity index (χ0v) is 8.27. The van der Waals surface area contributed by atoms with Gasteiger partial charge in [0.1, 0.15) is 0 Å². The van der Waals surface area contributed by atoms with Crippen LogP contribution < -0.4 is 5.56 Å². The Balaban J connectivity index is 3.52. The number of aryl methyl sites for hydroxylation is 2. The van der Waals surface area contributed by atoms with E-state index < -0.39 is 0 Å². The summed E-state index contributed by atoms with van der Waals surface area (Å²) >= 11 is 5.65. The van der Waals surface area contributed by atoms with Crippen LogP contribution in [0, 0.1) is 13.8 Å². The molecule has 0 saturated carbocycles. The molecule has 12 heavy (non-hydrogen) atoms. The van der Waals surface area contributed by atoms with Crippen molar-refractivity contribution >= 4 is 11.6 Å². The number of rotatable bonds is 1. The fraction of sp³-hybridized carbons (Fsp3) is 0.444. The Labute approximate surface area is 76.8 Å². The second kappa shape index (κ2) is 3.31. The summed E-state index contributed by atoms with van der Waals surface area (Å²) in [5.41, 5.74) is 2.66. The van der Waals surface area contributed by atoms with Gasteiger partial charge in [-0.3, -0.25) is 4.79 Å². The van der Waals surface area contributed by atoms with E-state index in [1.165, 1.54) is 0 Å². The molecule has 0 fully saturated rings. The Hall–Kier alpha value is -0.760. The van der Waals surface area contributed by atoms with Gasteiger partial charge in [0.2, 0.25) is 0 Å². The highest BCUT2D eigenvalue weighted by Crippen LogP contribution is 2.07. The molecule has 1 heterocycles. The van der Waals surface area contributed by atoms with Crippen molar-refractivity contribution < 1.29 is 0 Å². The smallest absolute Gasteiger partial charge is 0.255 e. The molecular formula is C9H12ClNO. The maximum absolute atomic E-state index is 11.5. The summed E-state index contributed by atoms with van der Waals surface area (Å²) in [6, 6.07) is 1.97. The molecule has 0 aliphatic heterocycles. The third-order valence-corrected chi connectivity index (χ3v) is 2.39. The molecule has 0 amide bonds. The number of alkyl halides is 1. The minimum absolute atomic E-state index is 0.0162. The molecule has 0 aliphatic rings. The van der Waals surface area contributed by atoms with Gasteiger partial charge in [-0.15, -0.1) is 11.6 Å². The van der Waals surface area contributed by atoms with Crippen molar-refractivity contribution in [1.29, 1.82) is 0 Å². The van der Waals surface area contributed by atoms with Crippen LogP contribution >= 0.6 is 11.6 Å². The lowest BCUT2D eigenvalue weighted by molar-refractivity contribution is 0.801. The molecule has 0 atom stereocenters. The first-order chi connectivity index (χ1) is 5.57. The monoisotopic (exact) mass is 185 g/mol. The zero-order chi connectivity index (χ0) is 9.30. The van der Waals surface area contributed by atoms with Gasteiger partial charge in [-0.25, -0.2) is 0 Å². The van der Waals surface area contributed by atoms with Crippen LogP contribution in [0.3, 0.4) is 0 Å². The molecular weight excluding hydrogens is 174 g/mol. The quantitative estimate of drug-likeness (QED) is 0.611. The van der Waals surface area contributed by atoms with Gasteiger partial charge in [0.05, 0.1) is 5.88 Å². The van der Waals surface area contributed by atoms with Crippen LogP contribution in [0.1, 0.15) is 16.8 Å². The predicted molar refractivity (Wildman–Crippen MR) is 50.7 cm³/mol. The predicted octanol–water partition coefficient (Wildman–Crippen LogP) is 1.74. The summed E-state index contributed by atoms with van der Waals surface area (Å²) in [6.45, 7) is 3.82. The Morgan fingerprint density at radius 2 is 2.08 bits per heavy atom. The molecule has 1 rings (SSSR count). The fourth-order valence-electron chi connectivity index (χ4n) is 1.19. The first-order valence-electron chi connectivity index (χ1n) is 3.80. The summed E-state index contributed by atoms with van der Waals surface area (Å²) < 4.78 is 1.62. The Bertz CT molecular complexity index is 354. The molecule has 2 nitrogen and oxygen atoms in total. The number of halogens is 1. The van der Waals surface area contributed by atoms with E-state index in [4.69, 9.17) is 11.6 Å². The van der Waals surface area contributed by atoms with Gasteiger partial charge in [-0.05, 0) is 25.5 Å². The molecule has 0 saturated heterocycles. The van der Waals surface area contributed by atoms with Crippen LogP contribution in [0.5, 0.6) is 0 Å². The molecule has 0 aromatic carbocycles. The summed E-state index contributed by atoms with van der Waals surface area (Å²) in [5.74, 6) is 0.290. The van der Waals surface area contributed by atoms with Gasteiger partial charge in [0, 0.05) is 18.3 Å². The highest BCUT2D eigenvalue weighted by molar-refractivity contribution is 6.17. The largest absolute Gasteiger partial charge is 0.316 e. The third-order valence-electron chi connectivity index (χ3n) is 2.13. The number of aromatic nitrogens is 1. The molecule has 1 aromatic rings. The highest BCUT2D eigenvalue weighted by atomic mass is 35.5. The van der Waals surface area contributed by atoms with E-state index in [1.54, 1.807) is 11.6 Å². The van der Waals surface area contributed by atoms with Crippen molar-refractivity contribution in [3.8, 4) is 0 Å². The lowest BCUT2D eigenvalue weighted by atomic mass is 10.1. The maximum atomic E-state index is 11.5. The van der Waals surface area contributed by atoms with Gasteiger partial charge in [-0.2, -0.15) is 0 Å². The van der Waals surface area contributed by atoms with Crippen LogP contribution in [-0.4, -0.2) is 4.57 Å². The molecule has 0 radical (unpaired) electrons. The zero-order valence-electron chi connectivity index (χ0n) is 7.52. The minimum Gasteiger partial charge on any atom is -0.316 e. The topological polar surface area (TPSA) is 22.0 Å². The number of hydrogen-bond acceptors (Lipinski definition) is 1. The lowest BCUT2D eigenvalue weighted by Crippen LogP contribution is -2.23. The molecule has 3 heteroatoms. The third kappa shape index (κ3) is 1.39. The van der Waals surface area contributed by atoms with Crippen molar-refractivity contribution in [1.82, 2.24) is 4.57 Å². The SMILES string of the molecule is Cc1cc(C)n(C)c(=O)c1CCl. The summed E-state index contributed by atoms with van der Waals surface area (Å²) in [6.07, 6.45) is 0. The Kier molecular flexibility index (Phi) is 2.58. The summed E-state index contributed by atoms with van der Waals surface area (Å²) in [7, 11) is 1.76. The number of hydrogen-bond donors (Lipinski definition) is 0. The highest BCUT2D eigenvalue weighted by Gasteiger charge is 2.05. The first kappa shape index (κ1) is 9.33. The van der Waals surface area contributed by atoms with E-state index in [0.29, 0.717) is 11.4 Å². The van der Waals surface area contributed by atoms with Crippen molar-refractivity contribution in [2.45, 2.75) is 19.7 Å². The van der Waals surface area contributed by atoms with Gasteiger partial charge < -0.3 is 4.57 Å². The van der Waals surface area contributed by atoms with Crippen molar-refractivity contribution in [3.05, 3.63) is 33.2 Å². The lowest BCUT2D eigenvalue weighted by Gasteiger charge is -2.07. The van der Waals surface area contributed by atoms with Crippen LogP contribution in [0.4, 0.5) is 0 Å². The fourth-order valence-corrected chi connectivity index (χ4v) is 1.52. The normalized spacial score (nSPS) is 10.3. The average Bonchev–Trinajstić information content (AvgIpc) is 2.01.